The highest BCUT2D eigenvalue weighted by Gasteiger charge is 1.93. The fourth-order valence-electron chi connectivity index (χ4n) is 0.701. The maximum absolute atomic E-state index is 10.00. The van der Waals surface area contributed by atoms with E-state index >= 15 is 0 Å². The Hall–Kier alpha value is -1.32. The quantitative estimate of drug-likeness (QED) is 0.287. The van der Waals surface area contributed by atoms with Crippen LogP contribution >= 0.6 is 0 Å². The predicted octanol–water partition coefficient (Wildman–Crippen LogP) is 1.99. The molecule has 4 heteroatoms. The number of nitrogens with one attached hydrogen (secondary N) is 1. The third kappa shape index (κ3) is 6.80. The van der Waals surface area contributed by atoms with Crippen LogP contribution in [0.15, 0.2) is 17.8 Å². The van der Waals surface area contributed by atoms with Crippen LogP contribution in [0.5, 0.6) is 0 Å². The molecular formula is C8H14N2O2. The lowest BCUT2D eigenvalue weighted by Crippen LogP contribution is -2.15. The van der Waals surface area contributed by atoms with Crippen molar-refractivity contribution in [2.24, 2.45) is 5.10 Å². The van der Waals surface area contributed by atoms with Crippen molar-refractivity contribution in [3.05, 3.63) is 12.7 Å². The van der Waals surface area contributed by atoms with E-state index in [-0.39, 0.29) is 0 Å². The molecule has 0 fully saturated rings. The number of hydrazone groups is 1. The molecule has 68 valence electrons. The number of amides is 1. The molecule has 0 aliphatic heterocycles. The highest BCUT2D eigenvalue weighted by atomic mass is 16.4. The lowest BCUT2D eigenvalue weighted by molar-refractivity contribution is 0.195. The van der Waals surface area contributed by atoms with Gasteiger partial charge in [0.1, 0.15) is 0 Å². The van der Waals surface area contributed by atoms with Gasteiger partial charge in [-0.1, -0.05) is 6.08 Å². The van der Waals surface area contributed by atoms with E-state index in [9.17, 15) is 4.79 Å². The molecule has 0 atom stereocenters. The lowest BCUT2D eigenvalue weighted by Gasteiger charge is -1.97. The first-order valence-corrected chi connectivity index (χ1v) is 3.79. The summed E-state index contributed by atoms with van der Waals surface area (Å²) >= 11 is 0. The summed E-state index contributed by atoms with van der Waals surface area (Å²) in [5, 5.41) is 11.8. The molecule has 2 N–H and O–H groups in total. The van der Waals surface area contributed by atoms with Gasteiger partial charge in [0.05, 0.1) is 0 Å². The number of nitrogens with zero attached hydrogens (tertiary/aromatic N) is 1. The Labute approximate surface area is 72.0 Å². The Bertz CT molecular complexity index is 187. The van der Waals surface area contributed by atoms with E-state index in [1.165, 1.54) is 0 Å². The molecule has 0 bridgehead atoms. The van der Waals surface area contributed by atoms with Gasteiger partial charge in [-0.15, -0.1) is 6.58 Å². The minimum atomic E-state index is -1.13. The average Bonchev–Trinajstić information content (AvgIpc) is 2.01. The van der Waals surface area contributed by atoms with Crippen LogP contribution in [0, 0.1) is 0 Å². The van der Waals surface area contributed by atoms with Crippen molar-refractivity contribution in [3.63, 3.8) is 0 Å². The molecule has 0 aromatic heterocycles. The van der Waals surface area contributed by atoms with Gasteiger partial charge in [-0.25, -0.2) is 10.2 Å². The third-order valence-electron chi connectivity index (χ3n) is 1.29. The average molecular weight is 170 g/mol. The number of hydrogen-bond donors (Lipinski definition) is 2. The number of carboxylic acid groups (broad SMARTS) is 1. The normalized spacial score (nSPS) is 10.9. The first-order valence-electron chi connectivity index (χ1n) is 3.79. The first kappa shape index (κ1) is 10.7. The van der Waals surface area contributed by atoms with E-state index in [4.69, 9.17) is 5.11 Å². The van der Waals surface area contributed by atoms with Crippen molar-refractivity contribution in [1.29, 1.82) is 0 Å². The van der Waals surface area contributed by atoms with Crippen molar-refractivity contribution in [1.82, 2.24) is 5.43 Å². The van der Waals surface area contributed by atoms with Gasteiger partial charge in [0.25, 0.3) is 0 Å². The molecule has 0 heterocycles. The number of carbonyl (C=O) groups is 1. The van der Waals surface area contributed by atoms with Gasteiger partial charge in [0, 0.05) is 5.71 Å². The summed E-state index contributed by atoms with van der Waals surface area (Å²) in [6, 6.07) is 0. The molecule has 12 heavy (non-hydrogen) atoms. The molecule has 0 aliphatic carbocycles. The first-order chi connectivity index (χ1) is 5.66. The van der Waals surface area contributed by atoms with E-state index in [1.54, 1.807) is 6.92 Å². The molecule has 0 aromatic rings. The summed E-state index contributed by atoms with van der Waals surface area (Å²) in [4.78, 5) is 10.00. The Morgan fingerprint density at radius 2 is 2.42 bits per heavy atom. The van der Waals surface area contributed by atoms with Crippen molar-refractivity contribution >= 4 is 11.8 Å². The van der Waals surface area contributed by atoms with Gasteiger partial charge in [-0.05, 0) is 26.2 Å². The van der Waals surface area contributed by atoms with Crippen LogP contribution in [0.25, 0.3) is 0 Å². The largest absolute Gasteiger partial charge is 0.464 e. The van der Waals surface area contributed by atoms with E-state index < -0.39 is 6.09 Å². The minimum absolute atomic E-state index is 0.791. The van der Waals surface area contributed by atoms with Gasteiger partial charge in [-0.2, -0.15) is 5.10 Å². The van der Waals surface area contributed by atoms with Crippen LogP contribution in [-0.2, 0) is 0 Å². The van der Waals surface area contributed by atoms with E-state index in [2.05, 4.69) is 11.7 Å². The van der Waals surface area contributed by atoms with Gasteiger partial charge >= 0.3 is 6.09 Å². The van der Waals surface area contributed by atoms with Crippen LogP contribution in [0.1, 0.15) is 26.2 Å². The maximum atomic E-state index is 10.00. The molecular weight excluding hydrogens is 156 g/mol. The fourth-order valence-corrected chi connectivity index (χ4v) is 0.701. The Kier molecular flexibility index (Phi) is 5.69. The molecule has 0 saturated carbocycles. The minimum Gasteiger partial charge on any atom is -0.464 e. The van der Waals surface area contributed by atoms with Crippen LogP contribution in [-0.4, -0.2) is 16.9 Å². The molecule has 0 radical (unpaired) electrons. The highest BCUT2D eigenvalue weighted by Crippen LogP contribution is 1.97. The summed E-state index contributed by atoms with van der Waals surface area (Å²) in [5.74, 6) is 0. The van der Waals surface area contributed by atoms with E-state index in [1.807, 2.05) is 11.5 Å². The van der Waals surface area contributed by atoms with E-state index in [0.29, 0.717) is 0 Å². The Morgan fingerprint density at radius 3 is 2.92 bits per heavy atom. The Morgan fingerprint density at radius 1 is 1.75 bits per heavy atom. The van der Waals surface area contributed by atoms with Gasteiger partial charge in [0.15, 0.2) is 0 Å². The van der Waals surface area contributed by atoms with Gasteiger partial charge < -0.3 is 5.11 Å². The molecule has 0 aromatic carbocycles. The fraction of sp³-hybridized carbons (Fsp3) is 0.500. The van der Waals surface area contributed by atoms with Crippen LogP contribution in [0.3, 0.4) is 0 Å². The second-order valence-electron chi connectivity index (χ2n) is 2.44. The molecule has 0 saturated heterocycles. The zero-order valence-corrected chi connectivity index (χ0v) is 7.21. The summed E-state index contributed by atoms with van der Waals surface area (Å²) in [6.45, 7) is 5.37. The van der Waals surface area contributed by atoms with Crippen molar-refractivity contribution in [2.75, 3.05) is 0 Å². The maximum Gasteiger partial charge on any atom is 0.425 e. The zero-order valence-electron chi connectivity index (χ0n) is 7.21. The lowest BCUT2D eigenvalue weighted by atomic mass is 10.2. The monoisotopic (exact) mass is 170 g/mol. The molecule has 0 rings (SSSR count). The Balaban J connectivity index is 3.55. The van der Waals surface area contributed by atoms with Crippen molar-refractivity contribution in [2.45, 2.75) is 26.2 Å². The van der Waals surface area contributed by atoms with E-state index in [0.717, 1.165) is 25.0 Å². The van der Waals surface area contributed by atoms with Gasteiger partial charge in [0.2, 0.25) is 0 Å². The smallest absolute Gasteiger partial charge is 0.425 e. The van der Waals surface area contributed by atoms with Crippen LogP contribution < -0.4 is 5.43 Å². The topological polar surface area (TPSA) is 61.7 Å². The molecule has 1 amide bonds. The van der Waals surface area contributed by atoms with Crippen LogP contribution in [0.2, 0.25) is 0 Å². The molecule has 0 aliphatic rings. The third-order valence-corrected chi connectivity index (χ3v) is 1.29. The second-order valence-corrected chi connectivity index (χ2v) is 2.44. The predicted molar refractivity (Wildman–Crippen MR) is 48.3 cm³/mol. The number of unbranched alkanes of at least 4 members (excludes halogenated alkanes) is 1. The number of allylic oxidation sites excluding steroid dienone is 1. The highest BCUT2D eigenvalue weighted by molar-refractivity contribution is 5.82. The SMILES string of the molecule is C=CCCC/C(C)=N/NC(=O)O. The van der Waals surface area contributed by atoms with Crippen molar-refractivity contribution in [3.8, 4) is 0 Å². The van der Waals surface area contributed by atoms with Crippen molar-refractivity contribution < 1.29 is 9.90 Å². The summed E-state index contributed by atoms with van der Waals surface area (Å²) in [7, 11) is 0. The molecule has 4 nitrogen and oxygen atoms in total. The summed E-state index contributed by atoms with van der Waals surface area (Å²) in [6.07, 6.45) is 3.39. The summed E-state index contributed by atoms with van der Waals surface area (Å²) in [5.41, 5.74) is 2.74. The molecule has 0 spiro atoms. The summed E-state index contributed by atoms with van der Waals surface area (Å²) < 4.78 is 0. The van der Waals surface area contributed by atoms with Gasteiger partial charge in [-0.3, -0.25) is 0 Å². The number of hydrogen-bond acceptors (Lipinski definition) is 2. The second kappa shape index (κ2) is 6.39. The standard InChI is InChI=1S/C8H14N2O2/c1-3-4-5-6-7(2)9-10-8(11)12/h3,10H,1,4-6H2,2H3,(H,11,12)/b9-7+. The molecule has 0 unspecified atom stereocenters. The zero-order chi connectivity index (χ0) is 9.40. The van der Waals surface area contributed by atoms with Crippen LogP contribution in [0.4, 0.5) is 4.79 Å². The number of rotatable bonds is 5.